The summed E-state index contributed by atoms with van der Waals surface area (Å²) in [6.07, 6.45) is -0.675. The van der Waals surface area contributed by atoms with Crippen LogP contribution >= 0.6 is 23.2 Å². The molecule has 33 heavy (non-hydrogen) atoms. The lowest BCUT2D eigenvalue weighted by molar-refractivity contribution is 0.0277. The third-order valence-electron chi connectivity index (χ3n) is 5.24. The van der Waals surface area contributed by atoms with Crippen molar-refractivity contribution in [3.8, 4) is 0 Å². The van der Waals surface area contributed by atoms with Crippen LogP contribution in [0.15, 0.2) is 66.7 Å². The van der Waals surface area contributed by atoms with Crippen molar-refractivity contribution in [2.75, 3.05) is 4.90 Å². The van der Waals surface area contributed by atoms with Crippen LogP contribution in [0.25, 0.3) is 0 Å². The zero-order valence-corrected chi connectivity index (χ0v) is 18.9. The van der Waals surface area contributed by atoms with Crippen LogP contribution in [0.3, 0.4) is 0 Å². The standard InChI is InChI=1S/C25H17Cl2NO5/c1-2-21(22(29)14-7-4-3-5-8-14)33-25(32)15-9-6-10-16(11-15)28-23(30)17-12-19(26)20(27)13-18(17)24(28)31/h3-13,21H,2H2,1H3/t21-/m1/s1. The second-order valence-electron chi connectivity index (χ2n) is 7.34. The van der Waals surface area contributed by atoms with Gasteiger partial charge in [-0.2, -0.15) is 0 Å². The largest absolute Gasteiger partial charge is 0.450 e. The van der Waals surface area contributed by atoms with E-state index < -0.39 is 23.9 Å². The van der Waals surface area contributed by atoms with Gasteiger partial charge in [-0.05, 0) is 36.8 Å². The first-order valence-corrected chi connectivity index (χ1v) is 10.9. The lowest BCUT2D eigenvalue weighted by atomic mass is 10.0. The first-order chi connectivity index (χ1) is 15.8. The zero-order chi connectivity index (χ0) is 23.7. The number of halogens is 2. The van der Waals surface area contributed by atoms with E-state index in [1.165, 1.54) is 36.4 Å². The molecule has 3 aromatic carbocycles. The Labute approximate surface area is 199 Å². The number of ketones is 1. The lowest BCUT2D eigenvalue weighted by Gasteiger charge is -2.17. The van der Waals surface area contributed by atoms with Crippen LogP contribution < -0.4 is 4.90 Å². The van der Waals surface area contributed by atoms with Gasteiger partial charge < -0.3 is 4.74 Å². The van der Waals surface area contributed by atoms with E-state index in [-0.39, 0.29) is 38.2 Å². The van der Waals surface area contributed by atoms with E-state index >= 15 is 0 Å². The van der Waals surface area contributed by atoms with Gasteiger partial charge in [-0.25, -0.2) is 9.69 Å². The van der Waals surface area contributed by atoms with Gasteiger partial charge in [0.25, 0.3) is 11.8 Å². The van der Waals surface area contributed by atoms with Crippen LogP contribution in [-0.4, -0.2) is 29.7 Å². The fraction of sp³-hybridized carbons (Fsp3) is 0.120. The second-order valence-corrected chi connectivity index (χ2v) is 8.15. The highest BCUT2D eigenvalue weighted by Crippen LogP contribution is 2.34. The Bertz CT molecular complexity index is 1250. The van der Waals surface area contributed by atoms with Crippen molar-refractivity contribution in [2.24, 2.45) is 0 Å². The predicted molar refractivity (Wildman–Crippen MR) is 124 cm³/mol. The van der Waals surface area contributed by atoms with Crippen molar-refractivity contribution >= 4 is 52.5 Å². The number of nitrogens with zero attached hydrogens (tertiary/aromatic N) is 1. The fourth-order valence-corrected chi connectivity index (χ4v) is 3.88. The molecule has 1 atom stereocenters. The summed E-state index contributed by atoms with van der Waals surface area (Å²) in [5, 5.41) is 0.314. The molecule has 0 bridgehead atoms. The molecule has 0 spiro atoms. The lowest BCUT2D eigenvalue weighted by Crippen LogP contribution is -2.30. The van der Waals surface area contributed by atoms with Gasteiger partial charge in [-0.15, -0.1) is 0 Å². The Morgan fingerprint density at radius 3 is 2.00 bits per heavy atom. The van der Waals surface area contributed by atoms with Crippen LogP contribution in [0.5, 0.6) is 0 Å². The molecule has 166 valence electrons. The van der Waals surface area contributed by atoms with E-state index in [9.17, 15) is 19.2 Å². The molecule has 0 aromatic heterocycles. The van der Waals surface area contributed by atoms with Gasteiger partial charge in [0.1, 0.15) is 0 Å². The SMILES string of the molecule is CC[C@@H](OC(=O)c1cccc(N2C(=O)c3cc(Cl)c(Cl)cc3C2=O)c1)C(=O)c1ccccc1. The maximum atomic E-state index is 12.9. The summed E-state index contributed by atoms with van der Waals surface area (Å²) >= 11 is 12.0. The third kappa shape index (κ3) is 4.27. The number of amides is 2. The Morgan fingerprint density at radius 2 is 1.42 bits per heavy atom. The number of fused-ring (bicyclic) bond motifs is 1. The highest BCUT2D eigenvalue weighted by molar-refractivity contribution is 6.44. The first-order valence-electron chi connectivity index (χ1n) is 10.1. The summed E-state index contributed by atoms with van der Waals surface area (Å²) < 4.78 is 5.45. The Balaban J connectivity index is 1.58. The first kappa shape index (κ1) is 22.7. The molecule has 1 aliphatic rings. The summed E-state index contributed by atoms with van der Waals surface area (Å²) in [4.78, 5) is 52.2. The third-order valence-corrected chi connectivity index (χ3v) is 5.96. The molecule has 0 saturated heterocycles. The smallest absolute Gasteiger partial charge is 0.338 e. The maximum Gasteiger partial charge on any atom is 0.338 e. The van der Waals surface area contributed by atoms with Crippen molar-refractivity contribution in [3.63, 3.8) is 0 Å². The molecule has 2 amide bonds. The second kappa shape index (κ2) is 9.17. The van der Waals surface area contributed by atoms with Crippen LogP contribution in [0, 0.1) is 0 Å². The number of hydrogen-bond acceptors (Lipinski definition) is 5. The van der Waals surface area contributed by atoms with Gasteiger partial charge in [0, 0.05) is 5.56 Å². The summed E-state index contributed by atoms with van der Waals surface area (Å²) in [6, 6.07) is 17.1. The molecule has 4 rings (SSSR count). The van der Waals surface area contributed by atoms with E-state index in [2.05, 4.69) is 0 Å². The molecule has 0 radical (unpaired) electrons. The van der Waals surface area contributed by atoms with E-state index in [1.807, 2.05) is 0 Å². The number of rotatable bonds is 6. The van der Waals surface area contributed by atoms with Gasteiger partial charge in [-0.3, -0.25) is 14.4 Å². The minimum absolute atomic E-state index is 0.0967. The number of Topliss-reactive ketones (excluding diaryl/α,β-unsaturated/α-hetero) is 1. The number of carbonyl (C=O) groups is 4. The molecular formula is C25H17Cl2NO5. The van der Waals surface area contributed by atoms with E-state index in [4.69, 9.17) is 27.9 Å². The maximum absolute atomic E-state index is 12.9. The number of hydrogen-bond donors (Lipinski definition) is 0. The molecule has 0 fully saturated rings. The van der Waals surface area contributed by atoms with E-state index in [1.54, 1.807) is 37.3 Å². The molecule has 6 nitrogen and oxygen atoms in total. The number of anilines is 1. The monoisotopic (exact) mass is 481 g/mol. The Morgan fingerprint density at radius 1 is 0.848 bits per heavy atom. The van der Waals surface area contributed by atoms with Crippen molar-refractivity contribution < 1.29 is 23.9 Å². The van der Waals surface area contributed by atoms with Gasteiger partial charge in [0.15, 0.2) is 6.10 Å². The molecular weight excluding hydrogens is 465 g/mol. The number of ether oxygens (including phenoxy) is 1. The molecule has 8 heteroatoms. The van der Waals surface area contributed by atoms with Crippen molar-refractivity contribution in [3.05, 3.63) is 99.0 Å². The minimum atomic E-state index is -0.966. The Hall–Kier alpha value is -3.48. The fourth-order valence-electron chi connectivity index (χ4n) is 3.55. The van der Waals surface area contributed by atoms with E-state index in [0.29, 0.717) is 12.0 Å². The van der Waals surface area contributed by atoms with Gasteiger partial charge in [-0.1, -0.05) is 66.5 Å². The van der Waals surface area contributed by atoms with Crippen molar-refractivity contribution in [1.82, 2.24) is 0 Å². The summed E-state index contributed by atoms with van der Waals surface area (Å²) in [7, 11) is 0. The normalized spacial score (nSPS) is 13.6. The number of imide groups is 1. The quantitative estimate of drug-likeness (QED) is 0.259. The van der Waals surface area contributed by atoms with Gasteiger partial charge >= 0.3 is 5.97 Å². The Kier molecular flexibility index (Phi) is 6.31. The molecule has 1 aliphatic heterocycles. The molecule has 0 aliphatic carbocycles. The minimum Gasteiger partial charge on any atom is -0.450 e. The molecule has 0 unspecified atom stereocenters. The average Bonchev–Trinajstić information content (AvgIpc) is 3.06. The van der Waals surface area contributed by atoms with E-state index in [0.717, 1.165) is 4.90 Å². The molecule has 0 saturated carbocycles. The van der Waals surface area contributed by atoms with Crippen LogP contribution in [0.1, 0.15) is 54.8 Å². The zero-order valence-electron chi connectivity index (χ0n) is 17.4. The molecule has 0 N–H and O–H groups in total. The van der Waals surface area contributed by atoms with Gasteiger partial charge in [0.2, 0.25) is 5.78 Å². The predicted octanol–water partition coefficient (Wildman–Crippen LogP) is 5.61. The highest BCUT2D eigenvalue weighted by atomic mass is 35.5. The topological polar surface area (TPSA) is 80.8 Å². The van der Waals surface area contributed by atoms with Crippen LogP contribution in [0.2, 0.25) is 10.0 Å². The van der Waals surface area contributed by atoms with Gasteiger partial charge in [0.05, 0.1) is 32.4 Å². The highest BCUT2D eigenvalue weighted by Gasteiger charge is 2.37. The van der Waals surface area contributed by atoms with Crippen LogP contribution in [-0.2, 0) is 4.74 Å². The number of esters is 1. The average molecular weight is 482 g/mol. The molecule has 3 aromatic rings. The number of carbonyl (C=O) groups excluding carboxylic acids is 4. The van der Waals surface area contributed by atoms with Crippen LogP contribution in [0.4, 0.5) is 5.69 Å². The van der Waals surface area contributed by atoms with Crippen molar-refractivity contribution in [1.29, 1.82) is 0 Å². The summed E-state index contributed by atoms with van der Waals surface area (Å²) in [6.45, 7) is 1.74. The number of benzene rings is 3. The van der Waals surface area contributed by atoms with Crippen molar-refractivity contribution in [2.45, 2.75) is 19.4 Å². The molecule has 1 heterocycles. The summed E-state index contributed by atoms with van der Waals surface area (Å²) in [5.74, 6) is -2.21. The summed E-state index contributed by atoms with van der Waals surface area (Å²) in [5.41, 5.74) is 0.975.